The summed E-state index contributed by atoms with van der Waals surface area (Å²) in [6, 6.07) is 8.01. The zero-order valence-corrected chi connectivity index (χ0v) is 23.8. The summed E-state index contributed by atoms with van der Waals surface area (Å²) in [5.41, 5.74) is 2.95. The Bertz CT molecular complexity index is 1230. The second-order valence-corrected chi connectivity index (χ2v) is 11.1. The summed E-state index contributed by atoms with van der Waals surface area (Å²) in [5.74, 6) is 0.843. The van der Waals surface area contributed by atoms with E-state index in [1.54, 1.807) is 7.05 Å². The van der Waals surface area contributed by atoms with E-state index in [0.29, 0.717) is 30.8 Å². The Morgan fingerprint density at radius 3 is 2.44 bits per heavy atom. The highest BCUT2D eigenvalue weighted by molar-refractivity contribution is 14.2. The van der Waals surface area contributed by atoms with Gasteiger partial charge in [-0.05, 0) is 79.9 Å². The number of rotatable bonds is 5. The normalized spacial score (nSPS) is 21.6. The lowest BCUT2D eigenvalue weighted by atomic mass is 10.1. The molecule has 3 aromatic rings. The van der Waals surface area contributed by atoms with Gasteiger partial charge >= 0.3 is 0 Å². The minimum atomic E-state index is -0.111. The predicted molar refractivity (Wildman–Crippen MR) is 148 cm³/mol. The van der Waals surface area contributed by atoms with Gasteiger partial charge in [-0.15, -0.1) is 0 Å². The molecule has 0 amide bonds. The van der Waals surface area contributed by atoms with Crippen molar-refractivity contribution in [1.29, 1.82) is 0 Å². The van der Waals surface area contributed by atoms with E-state index >= 15 is 0 Å². The molecule has 0 spiro atoms. The molecule has 1 saturated heterocycles. The first-order valence-electron chi connectivity index (χ1n) is 11.8. The monoisotopic (exact) mass is 597 g/mol. The van der Waals surface area contributed by atoms with E-state index in [9.17, 15) is 4.79 Å². The number of benzene rings is 1. The first kappa shape index (κ1) is 25.4. The van der Waals surface area contributed by atoms with Crippen molar-refractivity contribution >= 4 is 45.0 Å². The van der Waals surface area contributed by atoms with Gasteiger partial charge in [0.15, 0.2) is 0 Å². The minimum absolute atomic E-state index is 0.0549. The molecule has 2 aliphatic rings. The minimum Gasteiger partial charge on any atom is -0.488 e. The molecule has 184 valence electrons. The Balaban J connectivity index is 0.00000133. The molecule has 3 heterocycles. The molecule has 3 unspecified atom stereocenters. The van der Waals surface area contributed by atoms with Crippen LogP contribution in [0.3, 0.4) is 0 Å². The highest BCUT2D eigenvalue weighted by Crippen LogP contribution is 2.42. The van der Waals surface area contributed by atoms with Crippen LogP contribution >= 0.6 is 28.4 Å². The average molecular weight is 597 g/mol. The van der Waals surface area contributed by atoms with Crippen molar-refractivity contribution in [2.75, 3.05) is 18.0 Å². The summed E-state index contributed by atoms with van der Waals surface area (Å²) < 4.78 is 15.5. The Morgan fingerprint density at radius 2 is 1.82 bits per heavy atom. The molecule has 3 atom stereocenters. The lowest BCUT2D eigenvalue weighted by Gasteiger charge is -2.36. The standard InChI is InChI=1S/C22H27IN5O3P.C2H6/c1-13-11-27(12-14(2)30-13)19-10-17(24-26(4)21(19)29)20-16-9-15(31-22(3)7-8-22)5-6-18(16)28(25-20)32-23;1-2/h5-6,9-10,13-14,32H,7-8,11-12H2,1-4H3;1-2H3. The molecule has 5 rings (SSSR count). The number of hydrogen-bond donors (Lipinski definition) is 0. The number of fused-ring (bicyclic) bond motifs is 1. The molecule has 1 aliphatic heterocycles. The number of aromatic nitrogens is 4. The van der Waals surface area contributed by atoms with E-state index in [2.05, 4.69) is 51.1 Å². The van der Waals surface area contributed by atoms with E-state index < -0.39 is 0 Å². The fourth-order valence-corrected chi connectivity index (χ4v) is 5.81. The van der Waals surface area contributed by atoms with Crippen molar-refractivity contribution in [3.8, 4) is 17.1 Å². The second-order valence-electron chi connectivity index (χ2n) is 9.08. The Hall–Kier alpha value is -1.71. The fourth-order valence-electron chi connectivity index (χ4n) is 4.29. The molecule has 34 heavy (non-hydrogen) atoms. The fraction of sp³-hybridized carbons (Fsp3) is 0.542. The van der Waals surface area contributed by atoms with Gasteiger partial charge in [-0.2, -0.15) is 10.2 Å². The van der Waals surface area contributed by atoms with Crippen molar-refractivity contribution in [1.82, 2.24) is 19.3 Å². The van der Waals surface area contributed by atoms with Crippen LogP contribution in [0.15, 0.2) is 29.1 Å². The van der Waals surface area contributed by atoms with Crippen LogP contribution in [0.25, 0.3) is 22.3 Å². The van der Waals surface area contributed by atoms with Gasteiger partial charge in [0, 0.05) is 25.5 Å². The quantitative estimate of drug-likeness (QED) is 0.299. The van der Waals surface area contributed by atoms with Crippen LogP contribution in [-0.2, 0) is 11.8 Å². The van der Waals surface area contributed by atoms with Crippen molar-refractivity contribution in [3.63, 3.8) is 0 Å². The predicted octanol–water partition coefficient (Wildman–Crippen LogP) is 5.16. The summed E-state index contributed by atoms with van der Waals surface area (Å²) in [6.45, 7) is 11.5. The van der Waals surface area contributed by atoms with Gasteiger partial charge in [-0.3, -0.25) is 4.79 Å². The third kappa shape index (κ3) is 5.11. The molecule has 2 aromatic heterocycles. The number of aryl methyl sites for hydroxylation is 1. The largest absolute Gasteiger partial charge is 0.488 e. The van der Waals surface area contributed by atoms with Crippen molar-refractivity contribution in [2.45, 2.75) is 65.3 Å². The van der Waals surface area contributed by atoms with E-state index in [4.69, 9.17) is 14.6 Å². The van der Waals surface area contributed by atoms with Crippen molar-refractivity contribution < 1.29 is 9.47 Å². The molecule has 1 aromatic carbocycles. The van der Waals surface area contributed by atoms with E-state index in [0.717, 1.165) is 35.2 Å². The van der Waals surface area contributed by atoms with Gasteiger partial charge < -0.3 is 14.4 Å². The number of morpholine rings is 1. The van der Waals surface area contributed by atoms with Crippen LogP contribution in [0.2, 0.25) is 0 Å². The van der Waals surface area contributed by atoms with Crippen molar-refractivity contribution in [3.05, 3.63) is 34.6 Å². The number of anilines is 1. The first-order chi connectivity index (χ1) is 16.3. The SMILES string of the molecule is CC.CC1CN(c2cc(-c3nn(PI)c4ccc(OC5(C)CC5)cc34)nn(C)c2=O)CC(C)O1. The van der Waals surface area contributed by atoms with Gasteiger partial charge in [0.25, 0.3) is 5.56 Å². The Kier molecular flexibility index (Phi) is 7.55. The summed E-state index contributed by atoms with van der Waals surface area (Å²) in [4.78, 5) is 15.1. The molecule has 1 saturated carbocycles. The molecule has 1 aliphatic carbocycles. The molecular formula is C24H33IN5O3P. The number of ether oxygens (including phenoxy) is 2. The second kappa shape index (κ2) is 10.1. The van der Waals surface area contributed by atoms with Crippen LogP contribution < -0.4 is 15.2 Å². The van der Waals surface area contributed by atoms with E-state index in [-0.39, 0.29) is 23.4 Å². The third-order valence-electron chi connectivity index (χ3n) is 6.10. The van der Waals surface area contributed by atoms with Gasteiger partial charge in [0.2, 0.25) is 0 Å². The van der Waals surface area contributed by atoms with Crippen LogP contribution in [0.5, 0.6) is 5.75 Å². The van der Waals surface area contributed by atoms with Gasteiger partial charge in [0.05, 0.1) is 24.1 Å². The average Bonchev–Trinajstić information content (AvgIpc) is 3.41. The van der Waals surface area contributed by atoms with Crippen LogP contribution in [-0.4, -0.2) is 50.2 Å². The Morgan fingerprint density at radius 1 is 1.15 bits per heavy atom. The summed E-state index contributed by atoms with van der Waals surface area (Å²) in [7, 11) is 1.70. The van der Waals surface area contributed by atoms with Crippen molar-refractivity contribution in [2.24, 2.45) is 7.05 Å². The summed E-state index contributed by atoms with van der Waals surface area (Å²) >= 11 is 2.33. The van der Waals surface area contributed by atoms with E-state index in [1.165, 1.54) is 4.68 Å². The van der Waals surface area contributed by atoms with Crippen LogP contribution in [0.1, 0.15) is 47.5 Å². The maximum Gasteiger partial charge on any atom is 0.290 e. The number of halogens is 1. The molecule has 2 fully saturated rings. The molecule has 0 N–H and O–H groups in total. The lowest BCUT2D eigenvalue weighted by Crippen LogP contribution is -2.47. The topological polar surface area (TPSA) is 74.4 Å². The van der Waals surface area contributed by atoms with Gasteiger partial charge in [-0.25, -0.2) is 9.13 Å². The zero-order valence-electron chi connectivity index (χ0n) is 20.6. The molecule has 10 heteroatoms. The highest BCUT2D eigenvalue weighted by atomic mass is 127. The van der Waals surface area contributed by atoms with E-state index in [1.807, 2.05) is 44.3 Å². The smallest absolute Gasteiger partial charge is 0.290 e. The van der Waals surface area contributed by atoms with Gasteiger partial charge in [-0.1, -0.05) is 13.8 Å². The first-order valence-corrected chi connectivity index (χ1v) is 15.9. The highest BCUT2D eigenvalue weighted by Gasteiger charge is 2.40. The molecule has 8 nitrogen and oxygen atoms in total. The maximum atomic E-state index is 13.0. The summed E-state index contributed by atoms with van der Waals surface area (Å²) in [5, 5.41) is 10.4. The third-order valence-corrected chi connectivity index (χ3v) is 7.97. The van der Waals surface area contributed by atoms with Gasteiger partial charge in [0.1, 0.15) is 28.4 Å². The molecular weight excluding hydrogens is 564 g/mol. The summed E-state index contributed by atoms with van der Waals surface area (Å²) in [6.07, 6.45) is 2.72. The maximum absolute atomic E-state index is 13.0. The number of nitrogens with zero attached hydrogens (tertiary/aromatic N) is 5. The molecule has 0 radical (unpaired) electrons. The van der Waals surface area contributed by atoms with Crippen LogP contribution in [0.4, 0.5) is 5.69 Å². The number of hydrogen-bond acceptors (Lipinski definition) is 6. The molecule has 0 bridgehead atoms. The van der Waals surface area contributed by atoms with Crippen LogP contribution in [0, 0.1) is 0 Å². The Labute approximate surface area is 215 Å². The zero-order chi connectivity index (χ0) is 24.6. The lowest BCUT2D eigenvalue weighted by molar-refractivity contribution is -0.00532.